The monoisotopic (exact) mass is 380 g/mol. The highest BCUT2D eigenvalue weighted by Crippen LogP contribution is 2.24. The molecule has 3 N–H and O–H groups in total. The fourth-order valence-electron chi connectivity index (χ4n) is 2.45. The summed E-state index contributed by atoms with van der Waals surface area (Å²) >= 11 is 1.14. The average Bonchev–Trinajstić information content (AvgIpc) is 2.99. The van der Waals surface area contributed by atoms with Crippen LogP contribution in [-0.2, 0) is 0 Å². The van der Waals surface area contributed by atoms with Crippen molar-refractivity contribution >= 4 is 39.8 Å². The number of hydrogen-bond donors (Lipinski definition) is 3. The summed E-state index contributed by atoms with van der Waals surface area (Å²) in [4.78, 5) is 29.4. The Morgan fingerprint density at radius 1 is 0.889 bits per heavy atom. The molecule has 0 aliphatic heterocycles. The van der Waals surface area contributed by atoms with Crippen LogP contribution in [-0.4, -0.2) is 16.9 Å². The van der Waals surface area contributed by atoms with Crippen LogP contribution in [0, 0.1) is 20.8 Å². The van der Waals surface area contributed by atoms with Crippen LogP contribution in [0.25, 0.3) is 0 Å². The van der Waals surface area contributed by atoms with E-state index >= 15 is 0 Å². The first-order valence-corrected chi connectivity index (χ1v) is 9.23. The fourth-order valence-corrected chi connectivity index (χ4v) is 3.31. The number of benzene rings is 2. The Morgan fingerprint density at radius 3 is 2.30 bits per heavy atom. The molecule has 27 heavy (non-hydrogen) atoms. The minimum Gasteiger partial charge on any atom is -0.321 e. The largest absolute Gasteiger partial charge is 0.325 e. The van der Waals surface area contributed by atoms with Crippen LogP contribution in [0.3, 0.4) is 0 Å². The van der Waals surface area contributed by atoms with Crippen molar-refractivity contribution in [2.45, 2.75) is 20.8 Å². The van der Waals surface area contributed by atoms with E-state index in [2.05, 4.69) is 20.9 Å². The van der Waals surface area contributed by atoms with Crippen LogP contribution in [0.1, 0.15) is 26.5 Å². The lowest BCUT2D eigenvalue weighted by atomic mass is 10.2. The van der Waals surface area contributed by atoms with Gasteiger partial charge in [-0.3, -0.25) is 10.1 Å². The molecule has 0 fully saturated rings. The highest BCUT2D eigenvalue weighted by atomic mass is 32.1. The normalized spacial score (nSPS) is 10.3. The molecule has 3 rings (SSSR count). The first-order chi connectivity index (χ1) is 12.9. The van der Waals surface area contributed by atoms with Crippen molar-refractivity contribution in [1.82, 2.24) is 4.98 Å². The van der Waals surface area contributed by atoms with Gasteiger partial charge in [-0.05, 0) is 44.5 Å². The lowest BCUT2D eigenvalue weighted by Crippen LogP contribution is -2.19. The van der Waals surface area contributed by atoms with Crippen LogP contribution in [0.5, 0.6) is 0 Å². The summed E-state index contributed by atoms with van der Waals surface area (Å²) < 4.78 is 0. The van der Waals surface area contributed by atoms with E-state index in [0.717, 1.165) is 28.2 Å². The molecule has 0 aliphatic rings. The molecular formula is C20H20N4O2S. The number of amides is 3. The van der Waals surface area contributed by atoms with Gasteiger partial charge in [-0.25, -0.2) is 9.78 Å². The van der Waals surface area contributed by atoms with Gasteiger partial charge < -0.3 is 10.6 Å². The number of urea groups is 1. The van der Waals surface area contributed by atoms with Gasteiger partial charge in [0.2, 0.25) is 0 Å². The standard InChI is InChI=1S/C20H20N4O2S/c1-12-8-10-15(11-9-12)22-19(26)24-20-21-14(3)17(27-20)18(25)23-16-7-5-4-6-13(16)2/h4-11H,1-3H3,(H,23,25)(H2,21,22,24,26). The van der Waals surface area contributed by atoms with E-state index < -0.39 is 6.03 Å². The molecule has 1 heterocycles. The number of carbonyl (C=O) groups is 2. The molecule has 1 aromatic heterocycles. The maximum atomic E-state index is 12.5. The second kappa shape index (κ2) is 8.01. The molecule has 7 heteroatoms. The van der Waals surface area contributed by atoms with Gasteiger partial charge in [0.15, 0.2) is 5.13 Å². The molecule has 2 aromatic carbocycles. The molecule has 3 amide bonds. The topological polar surface area (TPSA) is 83.1 Å². The Kier molecular flexibility index (Phi) is 5.52. The third-order valence-corrected chi connectivity index (χ3v) is 5.00. The number of nitrogens with zero attached hydrogens (tertiary/aromatic N) is 1. The Morgan fingerprint density at radius 2 is 1.59 bits per heavy atom. The van der Waals surface area contributed by atoms with Crippen LogP contribution in [0.2, 0.25) is 0 Å². The zero-order valence-electron chi connectivity index (χ0n) is 15.3. The Labute approximate surface area is 161 Å². The van der Waals surface area contributed by atoms with Gasteiger partial charge in [0.05, 0.1) is 5.69 Å². The molecule has 0 unspecified atom stereocenters. The average molecular weight is 380 g/mol. The molecule has 0 aliphatic carbocycles. The number of aromatic nitrogens is 1. The van der Waals surface area contributed by atoms with Crippen molar-refractivity contribution in [2.24, 2.45) is 0 Å². The predicted molar refractivity (Wildman–Crippen MR) is 110 cm³/mol. The van der Waals surface area contributed by atoms with Gasteiger partial charge in [-0.2, -0.15) is 0 Å². The molecule has 0 atom stereocenters. The van der Waals surface area contributed by atoms with Gasteiger partial charge in [-0.1, -0.05) is 47.2 Å². The number of anilines is 3. The van der Waals surface area contributed by atoms with E-state index in [4.69, 9.17) is 0 Å². The minimum atomic E-state index is -0.404. The number of hydrogen-bond acceptors (Lipinski definition) is 4. The SMILES string of the molecule is Cc1ccc(NC(=O)Nc2nc(C)c(C(=O)Nc3ccccc3C)s2)cc1. The van der Waals surface area contributed by atoms with Crippen LogP contribution >= 0.6 is 11.3 Å². The van der Waals surface area contributed by atoms with Crippen molar-refractivity contribution in [3.05, 3.63) is 70.2 Å². The smallest absolute Gasteiger partial charge is 0.321 e. The molecule has 0 saturated heterocycles. The highest BCUT2D eigenvalue weighted by Gasteiger charge is 2.17. The number of carbonyl (C=O) groups excluding carboxylic acids is 2. The fraction of sp³-hybridized carbons (Fsp3) is 0.150. The van der Waals surface area contributed by atoms with E-state index in [-0.39, 0.29) is 5.91 Å². The summed E-state index contributed by atoms with van der Waals surface area (Å²) in [5.74, 6) is -0.244. The van der Waals surface area contributed by atoms with E-state index in [9.17, 15) is 9.59 Å². The van der Waals surface area contributed by atoms with Gasteiger partial charge in [0.1, 0.15) is 4.88 Å². The van der Waals surface area contributed by atoms with Gasteiger partial charge >= 0.3 is 6.03 Å². The quantitative estimate of drug-likeness (QED) is 0.598. The van der Waals surface area contributed by atoms with Crippen molar-refractivity contribution in [3.8, 4) is 0 Å². The molecular weight excluding hydrogens is 360 g/mol. The highest BCUT2D eigenvalue weighted by molar-refractivity contribution is 7.17. The second-order valence-electron chi connectivity index (χ2n) is 6.15. The number of para-hydroxylation sites is 1. The van der Waals surface area contributed by atoms with Crippen LogP contribution < -0.4 is 16.0 Å². The Hall–Kier alpha value is -3.19. The van der Waals surface area contributed by atoms with E-state index in [1.807, 2.05) is 62.4 Å². The van der Waals surface area contributed by atoms with Crippen molar-refractivity contribution in [3.63, 3.8) is 0 Å². The van der Waals surface area contributed by atoms with E-state index in [1.165, 1.54) is 0 Å². The maximum Gasteiger partial charge on any atom is 0.325 e. The minimum absolute atomic E-state index is 0.244. The zero-order valence-corrected chi connectivity index (χ0v) is 16.1. The van der Waals surface area contributed by atoms with Crippen molar-refractivity contribution in [1.29, 1.82) is 0 Å². The summed E-state index contributed by atoms with van der Waals surface area (Å²) in [5.41, 5.74) is 4.09. The molecule has 0 bridgehead atoms. The summed E-state index contributed by atoms with van der Waals surface area (Å²) in [7, 11) is 0. The third kappa shape index (κ3) is 4.71. The maximum absolute atomic E-state index is 12.5. The molecule has 6 nitrogen and oxygen atoms in total. The van der Waals surface area contributed by atoms with E-state index in [1.54, 1.807) is 6.92 Å². The van der Waals surface area contributed by atoms with Crippen LogP contribution in [0.15, 0.2) is 48.5 Å². The summed E-state index contributed by atoms with van der Waals surface area (Å²) in [6.07, 6.45) is 0. The van der Waals surface area contributed by atoms with Gasteiger partial charge in [0, 0.05) is 11.4 Å². The van der Waals surface area contributed by atoms with Crippen molar-refractivity contribution in [2.75, 3.05) is 16.0 Å². The summed E-state index contributed by atoms with van der Waals surface area (Å²) in [6.45, 7) is 5.65. The number of thiazole rings is 1. The molecule has 0 saturated carbocycles. The van der Waals surface area contributed by atoms with Gasteiger partial charge in [-0.15, -0.1) is 0 Å². The first kappa shape index (κ1) is 18.6. The lowest BCUT2D eigenvalue weighted by Gasteiger charge is -2.07. The number of nitrogens with one attached hydrogen (secondary N) is 3. The number of aryl methyl sites for hydroxylation is 3. The van der Waals surface area contributed by atoms with Crippen LogP contribution in [0.4, 0.5) is 21.3 Å². The summed E-state index contributed by atoms with van der Waals surface area (Å²) in [5, 5.41) is 8.66. The zero-order chi connectivity index (χ0) is 19.4. The molecule has 138 valence electrons. The molecule has 0 spiro atoms. The summed E-state index contributed by atoms with van der Waals surface area (Å²) in [6, 6.07) is 14.6. The molecule has 3 aromatic rings. The van der Waals surface area contributed by atoms with Gasteiger partial charge in [0.25, 0.3) is 5.91 Å². The van der Waals surface area contributed by atoms with E-state index in [0.29, 0.717) is 21.4 Å². The Balaban J connectivity index is 1.66. The number of rotatable bonds is 4. The van der Waals surface area contributed by atoms with Crippen molar-refractivity contribution < 1.29 is 9.59 Å². The molecule has 0 radical (unpaired) electrons. The lowest BCUT2D eigenvalue weighted by molar-refractivity contribution is 0.102. The first-order valence-electron chi connectivity index (χ1n) is 8.41. The second-order valence-corrected chi connectivity index (χ2v) is 7.15. The predicted octanol–water partition coefficient (Wildman–Crippen LogP) is 4.96. The Bertz CT molecular complexity index is 980. The third-order valence-electron chi connectivity index (χ3n) is 3.93.